The molecule has 0 aliphatic carbocycles. The number of nitrogens with one attached hydrogen (secondary N) is 1. The molecule has 0 aliphatic heterocycles. The topological polar surface area (TPSA) is 114 Å². The third-order valence-electron chi connectivity index (χ3n) is 3.81. The average molecular weight is 361 g/mol. The number of nitrogens with zero attached hydrogens (tertiary/aromatic N) is 2. The third kappa shape index (κ3) is 4.82. The normalized spacial score (nSPS) is 10.5. The van der Waals surface area contributed by atoms with Gasteiger partial charge in [0.05, 0.1) is 7.11 Å². The first kappa shape index (κ1) is 19.5. The van der Waals surface area contributed by atoms with E-state index in [2.05, 4.69) is 10.4 Å². The van der Waals surface area contributed by atoms with E-state index in [4.69, 9.17) is 9.84 Å². The van der Waals surface area contributed by atoms with Crippen molar-refractivity contribution in [2.45, 2.75) is 25.7 Å². The molecule has 0 aliphatic rings. The number of hydrogen-bond donors (Lipinski definition) is 3. The van der Waals surface area contributed by atoms with Crippen LogP contribution in [0.3, 0.4) is 0 Å². The van der Waals surface area contributed by atoms with Crippen molar-refractivity contribution in [3.63, 3.8) is 0 Å². The molecule has 1 aromatic heterocycles. The monoisotopic (exact) mass is 361 g/mol. The summed E-state index contributed by atoms with van der Waals surface area (Å²) in [6, 6.07) is 7.72. The number of methoxy groups -OCH3 is 1. The van der Waals surface area contributed by atoms with Crippen LogP contribution in [0.5, 0.6) is 11.5 Å². The molecule has 26 heavy (non-hydrogen) atoms. The van der Waals surface area contributed by atoms with E-state index >= 15 is 0 Å². The molecule has 0 spiro atoms. The van der Waals surface area contributed by atoms with Crippen LogP contribution in [0.25, 0.3) is 5.69 Å². The molecule has 8 heteroatoms. The van der Waals surface area contributed by atoms with Crippen LogP contribution in [0.15, 0.2) is 35.1 Å². The average Bonchev–Trinajstić information content (AvgIpc) is 2.64. The molecule has 1 aromatic carbocycles. The van der Waals surface area contributed by atoms with Gasteiger partial charge >= 0.3 is 0 Å². The number of amides is 1. The van der Waals surface area contributed by atoms with E-state index < -0.39 is 17.2 Å². The zero-order valence-corrected chi connectivity index (χ0v) is 14.6. The third-order valence-corrected chi connectivity index (χ3v) is 3.81. The maximum atomic E-state index is 12.3. The Balaban J connectivity index is 2.17. The molecule has 2 rings (SSSR count). The summed E-state index contributed by atoms with van der Waals surface area (Å²) in [5, 5.41) is 25.3. The van der Waals surface area contributed by atoms with Gasteiger partial charge in [-0.15, -0.1) is 0 Å². The van der Waals surface area contributed by atoms with Gasteiger partial charge in [-0.05, 0) is 25.0 Å². The van der Waals surface area contributed by atoms with Crippen LogP contribution < -0.4 is 15.6 Å². The summed E-state index contributed by atoms with van der Waals surface area (Å²) in [4.78, 5) is 24.5. The van der Waals surface area contributed by atoms with E-state index in [0.29, 0.717) is 18.0 Å². The predicted molar refractivity (Wildman–Crippen MR) is 95.9 cm³/mol. The van der Waals surface area contributed by atoms with Crippen molar-refractivity contribution < 1.29 is 19.7 Å². The first-order valence-electron chi connectivity index (χ1n) is 8.44. The Morgan fingerprint density at radius 2 is 1.96 bits per heavy atom. The van der Waals surface area contributed by atoms with E-state index in [9.17, 15) is 14.7 Å². The summed E-state index contributed by atoms with van der Waals surface area (Å²) < 4.78 is 6.24. The van der Waals surface area contributed by atoms with Crippen molar-refractivity contribution in [1.82, 2.24) is 15.1 Å². The molecular weight excluding hydrogens is 338 g/mol. The number of rotatable bonds is 9. The van der Waals surface area contributed by atoms with Crippen LogP contribution in [0.4, 0.5) is 0 Å². The van der Waals surface area contributed by atoms with Gasteiger partial charge in [-0.3, -0.25) is 9.59 Å². The number of unbranched alkanes of at least 4 members (excludes halogenated alkanes) is 3. The van der Waals surface area contributed by atoms with Crippen molar-refractivity contribution in [2.75, 3.05) is 20.3 Å². The van der Waals surface area contributed by atoms with Crippen LogP contribution in [0.2, 0.25) is 0 Å². The van der Waals surface area contributed by atoms with E-state index in [-0.39, 0.29) is 12.3 Å². The van der Waals surface area contributed by atoms with Gasteiger partial charge < -0.3 is 20.3 Å². The van der Waals surface area contributed by atoms with Crippen LogP contribution in [0, 0.1) is 0 Å². The number of para-hydroxylation sites is 2. The number of aromatic hydroxyl groups is 1. The summed E-state index contributed by atoms with van der Waals surface area (Å²) >= 11 is 0. The van der Waals surface area contributed by atoms with Gasteiger partial charge in [0.25, 0.3) is 11.5 Å². The zero-order chi connectivity index (χ0) is 18.9. The highest BCUT2D eigenvalue weighted by molar-refractivity contribution is 5.94. The maximum absolute atomic E-state index is 12.3. The molecule has 0 fully saturated rings. The highest BCUT2D eigenvalue weighted by Crippen LogP contribution is 2.21. The van der Waals surface area contributed by atoms with Gasteiger partial charge in [-0.25, -0.2) is 0 Å². The standard InChI is InChI=1S/C18H23N3O5/c1-26-15-9-5-4-8-13(15)21-16(24)12-14(23)17(20-21)18(25)19-10-6-2-3-7-11-22/h4-5,8-9,12,22-23H,2-3,6-7,10-11H2,1H3,(H,19,25). The SMILES string of the molecule is COc1ccccc1-n1nc(C(=O)NCCCCCCO)c(O)cc1=O. The Morgan fingerprint density at radius 1 is 1.23 bits per heavy atom. The van der Waals surface area contributed by atoms with Gasteiger partial charge in [-0.2, -0.15) is 9.78 Å². The smallest absolute Gasteiger partial charge is 0.275 e. The maximum Gasteiger partial charge on any atom is 0.275 e. The lowest BCUT2D eigenvalue weighted by molar-refractivity contribution is 0.0942. The number of aliphatic hydroxyl groups is 1. The lowest BCUT2D eigenvalue weighted by Crippen LogP contribution is -2.30. The fraction of sp³-hybridized carbons (Fsp3) is 0.389. The van der Waals surface area contributed by atoms with Gasteiger partial charge in [0.1, 0.15) is 11.4 Å². The number of ether oxygens (including phenoxy) is 1. The van der Waals surface area contributed by atoms with Gasteiger partial charge in [0.15, 0.2) is 11.4 Å². The Hall–Kier alpha value is -2.87. The lowest BCUT2D eigenvalue weighted by atomic mass is 10.2. The minimum atomic E-state index is -0.576. The van der Waals surface area contributed by atoms with Crippen molar-refractivity contribution in [2.24, 2.45) is 0 Å². The van der Waals surface area contributed by atoms with E-state index in [1.807, 2.05) is 0 Å². The Bertz CT molecular complexity index is 804. The number of aliphatic hydroxyl groups excluding tert-OH is 1. The summed E-state index contributed by atoms with van der Waals surface area (Å²) in [7, 11) is 1.47. The van der Waals surface area contributed by atoms with E-state index in [1.54, 1.807) is 24.3 Å². The molecule has 1 heterocycles. The highest BCUT2D eigenvalue weighted by Gasteiger charge is 2.17. The molecule has 1 amide bonds. The highest BCUT2D eigenvalue weighted by atomic mass is 16.5. The molecule has 0 bridgehead atoms. The van der Waals surface area contributed by atoms with Crippen molar-refractivity contribution in [3.8, 4) is 17.2 Å². The lowest BCUT2D eigenvalue weighted by Gasteiger charge is -2.12. The largest absolute Gasteiger partial charge is 0.505 e. The molecule has 0 saturated carbocycles. The zero-order valence-electron chi connectivity index (χ0n) is 14.6. The molecule has 3 N–H and O–H groups in total. The Labute approximate surface area is 151 Å². The number of benzene rings is 1. The van der Waals surface area contributed by atoms with Crippen molar-refractivity contribution in [3.05, 3.63) is 46.4 Å². The molecular formula is C18H23N3O5. The van der Waals surface area contributed by atoms with Gasteiger partial charge in [0.2, 0.25) is 0 Å². The Kier molecular flexibility index (Phi) is 7.16. The summed E-state index contributed by atoms with van der Waals surface area (Å²) in [5.41, 5.74) is -0.434. The summed E-state index contributed by atoms with van der Waals surface area (Å²) in [6.45, 7) is 0.577. The number of carbonyl (C=O) groups excluding carboxylic acids is 1. The van der Waals surface area contributed by atoms with Gasteiger partial charge in [-0.1, -0.05) is 25.0 Å². The van der Waals surface area contributed by atoms with Crippen molar-refractivity contribution in [1.29, 1.82) is 0 Å². The number of hydrogen-bond acceptors (Lipinski definition) is 6. The van der Waals surface area contributed by atoms with Crippen LogP contribution in [0.1, 0.15) is 36.2 Å². The van der Waals surface area contributed by atoms with Gasteiger partial charge in [0, 0.05) is 19.2 Å². The van der Waals surface area contributed by atoms with E-state index in [1.165, 1.54) is 7.11 Å². The van der Waals surface area contributed by atoms with Crippen LogP contribution in [-0.4, -0.2) is 46.2 Å². The first-order valence-corrected chi connectivity index (χ1v) is 8.44. The van der Waals surface area contributed by atoms with Crippen molar-refractivity contribution >= 4 is 5.91 Å². The second-order valence-electron chi connectivity index (χ2n) is 5.69. The molecule has 0 atom stereocenters. The molecule has 2 aromatic rings. The molecule has 140 valence electrons. The first-order chi connectivity index (χ1) is 12.6. The number of aromatic nitrogens is 2. The minimum Gasteiger partial charge on any atom is -0.505 e. The fourth-order valence-electron chi connectivity index (χ4n) is 2.46. The molecule has 0 unspecified atom stereocenters. The predicted octanol–water partition coefficient (Wildman–Crippen LogP) is 1.23. The number of carbonyl (C=O) groups is 1. The molecule has 0 saturated heterocycles. The molecule has 0 radical (unpaired) electrons. The minimum absolute atomic E-state index is 0.161. The Morgan fingerprint density at radius 3 is 2.69 bits per heavy atom. The van der Waals surface area contributed by atoms with Crippen LogP contribution in [-0.2, 0) is 0 Å². The molecule has 8 nitrogen and oxygen atoms in total. The van der Waals surface area contributed by atoms with Crippen LogP contribution >= 0.6 is 0 Å². The summed E-state index contributed by atoms with van der Waals surface area (Å²) in [6.07, 6.45) is 3.24. The quantitative estimate of drug-likeness (QED) is 0.579. The second kappa shape index (κ2) is 9.57. The van der Waals surface area contributed by atoms with E-state index in [0.717, 1.165) is 36.4 Å². The second-order valence-corrected chi connectivity index (χ2v) is 5.69. The summed E-state index contributed by atoms with van der Waals surface area (Å²) in [5.74, 6) is -0.615. The fourth-order valence-corrected chi connectivity index (χ4v) is 2.46.